The lowest BCUT2D eigenvalue weighted by atomic mass is 10.1. The zero-order valence-electron chi connectivity index (χ0n) is 11.5. The molecule has 1 aliphatic rings. The second-order valence-corrected chi connectivity index (χ2v) is 5.08. The Morgan fingerprint density at radius 2 is 2.05 bits per heavy atom. The van der Waals surface area contributed by atoms with Gasteiger partial charge in [0.25, 0.3) is 0 Å². The Labute approximate surface area is 114 Å². The fourth-order valence-corrected chi connectivity index (χ4v) is 2.10. The average Bonchev–Trinajstić information content (AvgIpc) is 2.46. The third-order valence-corrected chi connectivity index (χ3v) is 3.30. The van der Waals surface area contributed by atoms with E-state index in [0.717, 1.165) is 37.4 Å². The van der Waals surface area contributed by atoms with Crippen molar-refractivity contribution < 1.29 is 14.6 Å². The number of rotatable bonds is 7. The zero-order chi connectivity index (χ0) is 13.5. The number of aliphatic hydroxyl groups excluding tert-OH is 1. The Hall–Kier alpha value is -1.26. The van der Waals surface area contributed by atoms with Crippen LogP contribution in [0, 0.1) is 5.92 Å². The van der Waals surface area contributed by atoms with Crippen molar-refractivity contribution in [3.8, 4) is 11.5 Å². The third kappa shape index (κ3) is 4.40. The molecule has 0 aromatic heterocycles. The first-order chi connectivity index (χ1) is 9.29. The van der Waals surface area contributed by atoms with Gasteiger partial charge in [-0.2, -0.15) is 0 Å². The largest absolute Gasteiger partial charge is 0.486 e. The van der Waals surface area contributed by atoms with E-state index in [0.29, 0.717) is 19.1 Å². The summed E-state index contributed by atoms with van der Waals surface area (Å²) in [7, 11) is 0. The predicted octanol–water partition coefficient (Wildman–Crippen LogP) is 1.96. The predicted molar refractivity (Wildman–Crippen MR) is 74.6 cm³/mol. The molecule has 0 fully saturated rings. The summed E-state index contributed by atoms with van der Waals surface area (Å²) < 4.78 is 11.0. The highest BCUT2D eigenvalue weighted by Gasteiger charge is 2.11. The van der Waals surface area contributed by atoms with E-state index in [4.69, 9.17) is 14.6 Å². The normalized spacial score (nSPS) is 15.3. The van der Waals surface area contributed by atoms with Crippen LogP contribution in [0.25, 0.3) is 0 Å². The van der Waals surface area contributed by atoms with Crippen molar-refractivity contribution in [3.05, 3.63) is 23.8 Å². The number of nitrogens with one attached hydrogen (secondary N) is 1. The molecule has 0 amide bonds. The second kappa shape index (κ2) is 7.36. The highest BCUT2D eigenvalue weighted by molar-refractivity contribution is 5.43. The van der Waals surface area contributed by atoms with Gasteiger partial charge in [-0.1, -0.05) is 13.0 Å². The molecule has 1 aromatic rings. The van der Waals surface area contributed by atoms with E-state index in [1.807, 2.05) is 12.1 Å². The van der Waals surface area contributed by atoms with Gasteiger partial charge in [-0.25, -0.2) is 0 Å². The molecule has 4 heteroatoms. The van der Waals surface area contributed by atoms with Gasteiger partial charge in [-0.3, -0.25) is 0 Å². The van der Waals surface area contributed by atoms with Gasteiger partial charge in [-0.15, -0.1) is 0 Å². The molecule has 1 aromatic carbocycles. The average molecular weight is 265 g/mol. The van der Waals surface area contributed by atoms with Crippen molar-refractivity contribution in [2.75, 3.05) is 26.4 Å². The summed E-state index contributed by atoms with van der Waals surface area (Å²) in [5.74, 6) is 2.09. The van der Waals surface area contributed by atoms with Gasteiger partial charge in [-0.05, 0) is 43.0 Å². The summed E-state index contributed by atoms with van der Waals surface area (Å²) in [5.41, 5.74) is 1.21. The van der Waals surface area contributed by atoms with Crippen molar-refractivity contribution in [2.45, 2.75) is 26.3 Å². The zero-order valence-corrected chi connectivity index (χ0v) is 11.5. The summed E-state index contributed by atoms with van der Waals surface area (Å²) in [6.07, 6.45) is 2.15. The van der Waals surface area contributed by atoms with Crippen LogP contribution in [0.1, 0.15) is 25.3 Å². The van der Waals surface area contributed by atoms with Crippen LogP contribution in [0.5, 0.6) is 11.5 Å². The molecule has 2 rings (SSSR count). The number of hydrogen-bond donors (Lipinski definition) is 2. The first-order valence-corrected chi connectivity index (χ1v) is 6.99. The Morgan fingerprint density at radius 3 is 2.84 bits per heavy atom. The minimum absolute atomic E-state index is 0.280. The number of aliphatic hydroxyl groups is 1. The van der Waals surface area contributed by atoms with Crippen LogP contribution in [0.3, 0.4) is 0 Å². The fraction of sp³-hybridized carbons (Fsp3) is 0.600. The molecule has 1 atom stereocenters. The first kappa shape index (κ1) is 14.2. The van der Waals surface area contributed by atoms with Crippen LogP contribution in [0.4, 0.5) is 0 Å². The van der Waals surface area contributed by atoms with E-state index >= 15 is 0 Å². The Bertz CT molecular complexity index is 395. The van der Waals surface area contributed by atoms with Gasteiger partial charge in [0.1, 0.15) is 13.2 Å². The van der Waals surface area contributed by atoms with Crippen LogP contribution in [0.2, 0.25) is 0 Å². The van der Waals surface area contributed by atoms with Crippen molar-refractivity contribution >= 4 is 0 Å². The second-order valence-electron chi connectivity index (χ2n) is 5.08. The Morgan fingerprint density at radius 1 is 1.26 bits per heavy atom. The van der Waals surface area contributed by atoms with E-state index in [9.17, 15) is 0 Å². The molecule has 106 valence electrons. The SMILES string of the molecule is CC(CO)CCCNCc1ccc2c(c1)OCCO2. The molecule has 0 radical (unpaired) electrons. The van der Waals surface area contributed by atoms with Gasteiger partial charge in [0.05, 0.1) is 0 Å². The van der Waals surface area contributed by atoms with E-state index in [1.54, 1.807) is 0 Å². The molecular weight excluding hydrogens is 242 g/mol. The molecule has 1 heterocycles. The van der Waals surface area contributed by atoms with Crippen LogP contribution in [0.15, 0.2) is 18.2 Å². The van der Waals surface area contributed by atoms with Crippen LogP contribution >= 0.6 is 0 Å². The standard InChI is InChI=1S/C15H23NO3/c1-12(11-17)3-2-6-16-10-13-4-5-14-15(9-13)19-8-7-18-14/h4-5,9,12,16-17H,2-3,6-8,10-11H2,1H3. The quantitative estimate of drug-likeness (QED) is 0.740. The highest BCUT2D eigenvalue weighted by atomic mass is 16.6. The van der Waals surface area contributed by atoms with Crippen molar-refractivity contribution in [2.24, 2.45) is 5.92 Å². The van der Waals surface area contributed by atoms with E-state index in [1.165, 1.54) is 5.56 Å². The van der Waals surface area contributed by atoms with E-state index < -0.39 is 0 Å². The molecule has 1 unspecified atom stereocenters. The van der Waals surface area contributed by atoms with Crippen molar-refractivity contribution in [1.29, 1.82) is 0 Å². The van der Waals surface area contributed by atoms with Gasteiger partial charge < -0.3 is 19.9 Å². The molecule has 0 spiro atoms. The summed E-state index contributed by atoms with van der Waals surface area (Å²) in [4.78, 5) is 0. The van der Waals surface area contributed by atoms with Crippen LogP contribution in [-0.2, 0) is 6.54 Å². The Balaban J connectivity index is 1.71. The van der Waals surface area contributed by atoms with Gasteiger partial charge in [0, 0.05) is 13.2 Å². The highest BCUT2D eigenvalue weighted by Crippen LogP contribution is 2.30. The van der Waals surface area contributed by atoms with Gasteiger partial charge in [0.2, 0.25) is 0 Å². The van der Waals surface area contributed by atoms with E-state index in [2.05, 4.69) is 18.3 Å². The molecule has 0 saturated carbocycles. The lowest BCUT2D eigenvalue weighted by molar-refractivity contribution is 0.171. The summed E-state index contributed by atoms with van der Waals surface area (Å²) in [6.45, 7) is 5.42. The number of fused-ring (bicyclic) bond motifs is 1. The van der Waals surface area contributed by atoms with E-state index in [-0.39, 0.29) is 6.61 Å². The lowest BCUT2D eigenvalue weighted by Crippen LogP contribution is -2.18. The summed E-state index contributed by atoms with van der Waals surface area (Å²) >= 11 is 0. The van der Waals surface area contributed by atoms with Crippen LogP contribution in [-0.4, -0.2) is 31.5 Å². The molecule has 0 saturated heterocycles. The molecule has 1 aliphatic heterocycles. The third-order valence-electron chi connectivity index (χ3n) is 3.30. The maximum Gasteiger partial charge on any atom is 0.161 e. The topological polar surface area (TPSA) is 50.7 Å². The maximum atomic E-state index is 8.94. The molecule has 0 aliphatic carbocycles. The molecule has 4 nitrogen and oxygen atoms in total. The smallest absolute Gasteiger partial charge is 0.161 e. The summed E-state index contributed by atoms with van der Waals surface area (Å²) in [5, 5.41) is 12.3. The minimum atomic E-state index is 0.280. The fourth-order valence-electron chi connectivity index (χ4n) is 2.10. The number of hydrogen-bond acceptors (Lipinski definition) is 4. The summed E-state index contributed by atoms with van der Waals surface area (Å²) in [6, 6.07) is 6.08. The van der Waals surface area contributed by atoms with Gasteiger partial charge >= 0.3 is 0 Å². The Kier molecular flexibility index (Phi) is 5.48. The first-order valence-electron chi connectivity index (χ1n) is 6.99. The maximum absolute atomic E-state index is 8.94. The van der Waals surface area contributed by atoms with Crippen molar-refractivity contribution in [3.63, 3.8) is 0 Å². The van der Waals surface area contributed by atoms with Crippen LogP contribution < -0.4 is 14.8 Å². The lowest BCUT2D eigenvalue weighted by Gasteiger charge is -2.19. The monoisotopic (exact) mass is 265 g/mol. The molecule has 19 heavy (non-hydrogen) atoms. The molecule has 0 bridgehead atoms. The molecular formula is C15H23NO3. The minimum Gasteiger partial charge on any atom is -0.486 e. The van der Waals surface area contributed by atoms with Crippen molar-refractivity contribution in [1.82, 2.24) is 5.32 Å². The number of benzene rings is 1. The van der Waals surface area contributed by atoms with Gasteiger partial charge in [0.15, 0.2) is 11.5 Å². The molecule has 2 N–H and O–H groups in total. The number of ether oxygens (including phenoxy) is 2.